The molecule has 0 bridgehead atoms. The quantitative estimate of drug-likeness (QED) is 0.719. The Bertz CT molecular complexity index is 444. The first-order valence-corrected chi connectivity index (χ1v) is 8.46. The summed E-state index contributed by atoms with van der Waals surface area (Å²) in [6.45, 7) is 4.28. The summed E-state index contributed by atoms with van der Waals surface area (Å²) in [7, 11) is -2.95. The maximum absolute atomic E-state index is 11.5. The third-order valence-electron chi connectivity index (χ3n) is 2.38. The van der Waals surface area contributed by atoms with Crippen LogP contribution in [0.4, 0.5) is 0 Å². The molecular weight excluding hydrogens is 306 g/mol. The molecule has 5 nitrogen and oxygen atoms in total. The van der Waals surface area contributed by atoms with E-state index in [2.05, 4.69) is 26.2 Å². The molecule has 7 heteroatoms. The van der Waals surface area contributed by atoms with Crippen molar-refractivity contribution in [2.24, 2.45) is 0 Å². The molecule has 1 atom stereocenters. The van der Waals surface area contributed by atoms with E-state index in [4.69, 9.17) is 0 Å². The highest BCUT2D eigenvalue weighted by atomic mass is 79.9. The van der Waals surface area contributed by atoms with Crippen molar-refractivity contribution < 1.29 is 8.42 Å². The number of sulfone groups is 1. The molecule has 0 aliphatic heterocycles. The van der Waals surface area contributed by atoms with Crippen molar-refractivity contribution in [3.8, 4) is 0 Å². The van der Waals surface area contributed by atoms with Gasteiger partial charge in [0, 0.05) is 11.9 Å². The molecule has 0 aliphatic rings. The van der Waals surface area contributed by atoms with Gasteiger partial charge >= 0.3 is 0 Å². The second-order valence-electron chi connectivity index (χ2n) is 3.93. The van der Waals surface area contributed by atoms with Crippen molar-refractivity contribution in [1.82, 2.24) is 15.0 Å². The minimum atomic E-state index is -2.95. The summed E-state index contributed by atoms with van der Waals surface area (Å²) in [6.07, 6.45) is 3.38. The Kier molecular flexibility index (Phi) is 5.58. The summed E-state index contributed by atoms with van der Waals surface area (Å²) in [5.74, 6) is 0.368. The van der Waals surface area contributed by atoms with Crippen LogP contribution in [-0.2, 0) is 16.4 Å². The lowest BCUT2D eigenvalue weighted by molar-refractivity contribution is 0.574. The van der Waals surface area contributed by atoms with Crippen LogP contribution < -0.4 is 0 Å². The van der Waals surface area contributed by atoms with Crippen molar-refractivity contribution in [3.05, 3.63) is 11.9 Å². The third-order valence-corrected chi connectivity index (χ3v) is 5.33. The van der Waals surface area contributed by atoms with Gasteiger partial charge in [-0.1, -0.05) is 35.0 Å². The lowest BCUT2D eigenvalue weighted by atomic mass is 10.3. The van der Waals surface area contributed by atoms with Gasteiger partial charge in [0.15, 0.2) is 9.84 Å². The average Bonchev–Trinajstić information content (AvgIpc) is 2.74. The number of alkyl halides is 1. The fraction of sp³-hybridized carbons (Fsp3) is 0.800. The van der Waals surface area contributed by atoms with Gasteiger partial charge in [0.05, 0.1) is 22.8 Å². The molecule has 0 saturated heterocycles. The lowest BCUT2D eigenvalue weighted by Crippen LogP contribution is -2.16. The first-order chi connectivity index (χ1) is 7.98. The maximum atomic E-state index is 11.5. The lowest BCUT2D eigenvalue weighted by Gasteiger charge is -2.02. The highest BCUT2D eigenvalue weighted by Crippen LogP contribution is 2.23. The molecule has 0 radical (unpaired) electrons. The normalized spacial score (nSPS) is 13.8. The predicted octanol–water partition coefficient (Wildman–Crippen LogP) is 1.95. The summed E-state index contributed by atoms with van der Waals surface area (Å²) >= 11 is 3.48. The van der Waals surface area contributed by atoms with Gasteiger partial charge in [0.25, 0.3) is 0 Å². The first kappa shape index (κ1) is 14.6. The van der Waals surface area contributed by atoms with Crippen LogP contribution in [0.1, 0.15) is 37.2 Å². The summed E-state index contributed by atoms with van der Waals surface area (Å²) < 4.78 is 24.6. The molecule has 0 spiro atoms. The minimum absolute atomic E-state index is 0.128. The van der Waals surface area contributed by atoms with E-state index in [0.29, 0.717) is 13.0 Å². The van der Waals surface area contributed by atoms with Crippen LogP contribution in [0, 0.1) is 0 Å². The Balaban J connectivity index is 2.56. The Morgan fingerprint density at radius 3 is 2.71 bits per heavy atom. The Morgan fingerprint density at radius 2 is 2.12 bits per heavy atom. The number of hydrogen-bond donors (Lipinski definition) is 0. The van der Waals surface area contributed by atoms with Gasteiger partial charge in [-0.05, 0) is 12.8 Å². The van der Waals surface area contributed by atoms with E-state index in [9.17, 15) is 8.42 Å². The third kappa shape index (κ3) is 4.75. The van der Waals surface area contributed by atoms with Crippen LogP contribution >= 0.6 is 15.9 Å². The molecule has 0 aliphatic carbocycles. The number of halogens is 1. The average molecular weight is 324 g/mol. The zero-order valence-corrected chi connectivity index (χ0v) is 12.5. The van der Waals surface area contributed by atoms with Crippen LogP contribution in [0.15, 0.2) is 6.20 Å². The molecule has 0 N–H and O–H groups in total. The van der Waals surface area contributed by atoms with E-state index < -0.39 is 9.84 Å². The Labute approximate surface area is 111 Å². The monoisotopic (exact) mass is 323 g/mol. The molecule has 1 heterocycles. The largest absolute Gasteiger partial charge is 0.251 e. The van der Waals surface area contributed by atoms with Crippen molar-refractivity contribution in [1.29, 1.82) is 0 Å². The first-order valence-electron chi connectivity index (χ1n) is 5.73. The van der Waals surface area contributed by atoms with E-state index in [1.165, 1.54) is 0 Å². The second kappa shape index (κ2) is 6.49. The molecule has 1 aromatic heterocycles. The van der Waals surface area contributed by atoms with Gasteiger partial charge in [0.1, 0.15) is 0 Å². The van der Waals surface area contributed by atoms with Gasteiger partial charge in [-0.15, -0.1) is 5.10 Å². The highest BCUT2D eigenvalue weighted by Gasteiger charge is 2.12. The van der Waals surface area contributed by atoms with Crippen LogP contribution in [0.3, 0.4) is 0 Å². The molecule has 1 rings (SSSR count). The van der Waals surface area contributed by atoms with Gasteiger partial charge in [-0.3, -0.25) is 4.68 Å². The summed E-state index contributed by atoms with van der Waals surface area (Å²) in [4.78, 5) is 0.184. The Morgan fingerprint density at radius 1 is 1.41 bits per heavy atom. The minimum Gasteiger partial charge on any atom is -0.251 e. The fourth-order valence-corrected chi connectivity index (χ4v) is 2.92. The number of aromatic nitrogens is 3. The fourth-order valence-electron chi connectivity index (χ4n) is 1.42. The van der Waals surface area contributed by atoms with E-state index >= 15 is 0 Å². The van der Waals surface area contributed by atoms with Crippen LogP contribution in [0.25, 0.3) is 0 Å². The van der Waals surface area contributed by atoms with Crippen LogP contribution in [0.5, 0.6) is 0 Å². The summed E-state index contributed by atoms with van der Waals surface area (Å²) in [5.41, 5.74) is 0.848. The van der Waals surface area contributed by atoms with E-state index in [1.54, 1.807) is 10.9 Å². The van der Waals surface area contributed by atoms with Gasteiger partial charge < -0.3 is 0 Å². The van der Waals surface area contributed by atoms with Gasteiger partial charge in [0.2, 0.25) is 0 Å². The maximum Gasteiger partial charge on any atom is 0.152 e. The topological polar surface area (TPSA) is 64.8 Å². The van der Waals surface area contributed by atoms with Crippen LogP contribution in [-0.4, -0.2) is 34.9 Å². The van der Waals surface area contributed by atoms with Crippen molar-refractivity contribution in [2.45, 2.75) is 38.1 Å². The second-order valence-corrected chi connectivity index (χ2v) is 7.34. The molecular formula is C10H18BrN3O2S. The SMILES string of the molecule is CCCS(=O)(=O)CCn1cc(C(Br)CC)nn1. The van der Waals surface area contributed by atoms with Crippen molar-refractivity contribution in [2.75, 3.05) is 11.5 Å². The zero-order valence-electron chi connectivity index (χ0n) is 10.1. The van der Waals surface area contributed by atoms with Crippen molar-refractivity contribution in [3.63, 3.8) is 0 Å². The molecule has 17 heavy (non-hydrogen) atoms. The smallest absolute Gasteiger partial charge is 0.152 e. The number of rotatable bonds is 7. The number of aryl methyl sites for hydroxylation is 1. The Hall–Kier alpha value is -0.430. The molecule has 0 fully saturated rings. The molecule has 1 aromatic rings. The highest BCUT2D eigenvalue weighted by molar-refractivity contribution is 9.09. The van der Waals surface area contributed by atoms with Crippen molar-refractivity contribution >= 4 is 25.8 Å². The molecule has 1 unspecified atom stereocenters. The van der Waals surface area contributed by atoms with E-state index in [1.807, 2.05) is 13.8 Å². The summed E-state index contributed by atoms with van der Waals surface area (Å²) in [6, 6.07) is 0. The standard InChI is InChI=1S/C10H18BrN3O2S/c1-3-6-17(15,16)7-5-14-8-10(12-13-14)9(11)4-2/h8-9H,3-7H2,1-2H3. The molecule has 98 valence electrons. The van der Waals surface area contributed by atoms with E-state index in [0.717, 1.165) is 12.1 Å². The number of nitrogens with zero attached hydrogens (tertiary/aromatic N) is 3. The van der Waals surface area contributed by atoms with Crippen LogP contribution in [0.2, 0.25) is 0 Å². The predicted molar refractivity (Wildman–Crippen MR) is 70.9 cm³/mol. The number of hydrogen-bond acceptors (Lipinski definition) is 4. The molecule has 0 amide bonds. The summed E-state index contributed by atoms with van der Waals surface area (Å²) in [5, 5.41) is 7.93. The molecule has 0 saturated carbocycles. The van der Waals surface area contributed by atoms with E-state index in [-0.39, 0.29) is 16.3 Å². The molecule has 0 aromatic carbocycles. The zero-order chi connectivity index (χ0) is 12.9. The van der Waals surface area contributed by atoms with Gasteiger partial charge in [-0.2, -0.15) is 0 Å². The van der Waals surface area contributed by atoms with Gasteiger partial charge in [-0.25, -0.2) is 8.42 Å².